The first kappa shape index (κ1) is 32.7. The molecule has 2 rings (SSSR count). The van der Waals surface area contributed by atoms with Crippen molar-refractivity contribution in [2.75, 3.05) is 0 Å². The van der Waals surface area contributed by atoms with Crippen molar-refractivity contribution in [2.45, 2.75) is 158 Å². The number of esters is 1. The summed E-state index contributed by atoms with van der Waals surface area (Å²) in [7, 11) is 0. The fourth-order valence-electron chi connectivity index (χ4n) is 5.98. The molecule has 0 N–H and O–H groups in total. The van der Waals surface area contributed by atoms with Crippen molar-refractivity contribution in [2.24, 2.45) is 23.7 Å². The van der Waals surface area contributed by atoms with Gasteiger partial charge in [0.1, 0.15) is 17.1 Å². The predicted molar refractivity (Wildman–Crippen MR) is 162 cm³/mol. The SMILES string of the molecule is Cc1c(C)c2c(c(C)c1OC(=O)CCC(C)C)CC[C@@](C)(CCC[C@H](C)CCC[C@H](C)CCCC(C)C)O2. The first-order chi connectivity index (χ1) is 17.8. The van der Waals surface area contributed by atoms with E-state index in [4.69, 9.17) is 9.47 Å². The van der Waals surface area contributed by atoms with Crippen LogP contribution >= 0.6 is 0 Å². The van der Waals surface area contributed by atoms with Gasteiger partial charge < -0.3 is 9.47 Å². The van der Waals surface area contributed by atoms with E-state index < -0.39 is 0 Å². The average Bonchev–Trinajstić information content (AvgIpc) is 2.83. The Hall–Kier alpha value is -1.51. The molecule has 3 nitrogen and oxygen atoms in total. The smallest absolute Gasteiger partial charge is 0.311 e. The Labute approximate surface area is 235 Å². The van der Waals surface area contributed by atoms with Crippen molar-refractivity contribution in [3.8, 4) is 11.5 Å². The van der Waals surface area contributed by atoms with Gasteiger partial charge in [0, 0.05) is 12.0 Å². The molecule has 3 atom stereocenters. The van der Waals surface area contributed by atoms with Crippen LogP contribution in [0.4, 0.5) is 0 Å². The van der Waals surface area contributed by atoms with Gasteiger partial charge in [0.25, 0.3) is 0 Å². The highest BCUT2D eigenvalue weighted by molar-refractivity contribution is 5.74. The van der Waals surface area contributed by atoms with E-state index in [0.717, 1.165) is 71.6 Å². The third kappa shape index (κ3) is 10.2. The van der Waals surface area contributed by atoms with E-state index in [0.29, 0.717) is 12.3 Å². The summed E-state index contributed by atoms with van der Waals surface area (Å²) in [6, 6.07) is 0. The number of hydrogen-bond donors (Lipinski definition) is 0. The van der Waals surface area contributed by atoms with Crippen LogP contribution in [0.1, 0.15) is 148 Å². The Morgan fingerprint density at radius 2 is 1.34 bits per heavy atom. The van der Waals surface area contributed by atoms with E-state index >= 15 is 0 Å². The number of ether oxygens (including phenoxy) is 2. The molecular weight excluding hydrogens is 468 g/mol. The Morgan fingerprint density at radius 1 is 0.789 bits per heavy atom. The number of rotatable bonds is 16. The number of hydrogen-bond acceptors (Lipinski definition) is 3. The fraction of sp³-hybridized carbons (Fsp3) is 0.800. The minimum absolute atomic E-state index is 0.114. The van der Waals surface area contributed by atoms with Crippen LogP contribution in [-0.4, -0.2) is 11.6 Å². The van der Waals surface area contributed by atoms with Crippen LogP contribution in [0.15, 0.2) is 0 Å². The minimum atomic E-state index is -0.125. The summed E-state index contributed by atoms with van der Waals surface area (Å²) >= 11 is 0. The van der Waals surface area contributed by atoms with E-state index in [1.54, 1.807) is 0 Å². The Morgan fingerprint density at radius 3 is 1.92 bits per heavy atom. The molecule has 38 heavy (non-hydrogen) atoms. The number of benzene rings is 1. The maximum Gasteiger partial charge on any atom is 0.311 e. The molecule has 0 saturated heterocycles. The van der Waals surface area contributed by atoms with E-state index in [9.17, 15) is 4.79 Å². The first-order valence-corrected chi connectivity index (χ1v) is 15.8. The monoisotopic (exact) mass is 528 g/mol. The second kappa shape index (κ2) is 15.3. The van der Waals surface area contributed by atoms with Gasteiger partial charge in [0.2, 0.25) is 0 Å². The first-order valence-electron chi connectivity index (χ1n) is 15.8. The zero-order chi connectivity index (χ0) is 28.5. The third-order valence-corrected chi connectivity index (χ3v) is 8.98. The quantitative estimate of drug-likeness (QED) is 0.158. The summed E-state index contributed by atoms with van der Waals surface area (Å²) in [4.78, 5) is 12.5. The molecule has 0 unspecified atom stereocenters. The third-order valence-electron chi connectivity index (χ3n) is 8.98. The van der Waals surface area contributed by atoms with E-state index in [-0.39, 0.29) is 11.6 Å². The maximum atomic E-state index is 12.5. The summed E-state index contributed by atoms with van der Waals surface area (Å²) in [6.07, 6.45) is 15.2. The van der Waals surface area contributed by atoms with Gasteiger partial charge in [0.05, 0.1) is 0 Å². The molecule has 0 radical (unpaired) electrons. The maximum absolute atomic E-state index is 12.5. The zero-order valence-corrected chi connectivity index (χ0v) is 26.7. The zero-order valence-electron chi connectivity index (χ0n) is 26.7. The predicted octanol–water partition coefficient (Wildman–Crippen LogP) is 10.5. The lowest BCUT2D eigenvalue weighted by atomic mass is 9.83. The van der Waals surface area contributed by atoms with Crippen molar-refractivity contribution in [1.82, 2.24) is 0 Å². The molecular formula is C35H60O3. The molecule has 0 saturated carbocycles. The fourth-order valence-corrected chi connectivity index (χ4v) is 5.98. The number of fused-ring (bicyclic) bond motifs is 1. The molecule has 218 valence electrons. The highest BCUT2D eigenvalue weighted by Gasteiger charge is 2.34. The molecule has 1 aromatic rings. The largest absolute Gasteiger partial charge is 0.487 e. The van der Waals surface area contributed by atoms with Gasteiger partial charge in [0.15, 0.2) is 0 Å². The van der Waals surface area contributed by atoms with Crippen molar-refractivity contribution < 1.29 is 14.3 Å². The van der Waals surface area contributed by atoms with Gasteiger partial charge in [-0.15, -0.1) is 0 Å². The van der Waals surface area contributed by atoms with Crippen LogP contribution in [0.25, 0.3) is 0 Å². The molecule has 1 heterocycles. The lowest BCUT2D eigenvalue weighted by Crippen LogP contribution is -2.37. The molecule has 0 aliphatic carbocycles. The van der Waals surface area contributed by atoms with E-state index in [1.165, 1.54) is 56.9 Å². The van der Waals surface area contributed by atoms with Gasteiger partial charge in [-0.1, -0.05) is 86.5 Å². The highest BCUT2D eigenvalue weighted by Crippen LogP contribution is 2.45. The second-order valence-electron chi connectivity index (χ2n) is 13.8. The van der Waals surface area contributed by atoms with Crippen molar-refractivity contribution in [3.05, 3.63) is 22.3 Å². The van der Waals surface area contributed by atoms with Crippen LogP contribution in [0, 0.1) is 44.4 Å². The van der Waals surface area contributed by atoms with Gasteiger partial charge in [-0.2, -0.15) is 0 Å². The second-order valence-corrected chi connectivity index (χ2v) is 13.8. The molecule has 0 amide bonds. The minimum Gasteiger partial charge on any atom is -0.487 e. The molecule has 1 aliphatic rings. The highest BCUT2D eigenvalue weighted by atomic mass is 16.5. The molecule has 0 spiro atoms. The van der Waals surface area contributed by atoms with Crippen LogP contribution in [0.5, 0.6) is 11.5 Å². The van der Waals surface area contributed by atoms with Crippen LogP contribution in [0.3, 0.4) is 0 Å². The van der Waals surface area contributed by atoms with Crippen molar-refractivity contribution >= 4 is 5.97 Å². The van der Waals surface area contributed by atoms with Gasteiger partial charge in [-0.25, -0.2) is 0 Å². The molecule has 0 bridgehead atoms. The van der Waals surface area contributed by atoms with Crippen LogP contribution in [0.2, 0.25) is 0 Å². The number of carbonyl (C=O) groups excluding carboxylic acids is 1. The number of carbonyl (C=O) groups is 1. The summed E-state index contributed by atoms with van der Waals surface area (Å²) in [5.41, 5.74) is 4.36. The molecule has 1 aromatic carbocycles. The summed E-state index contributed by atoms with van der Waals surface area (Å²) < 4.78 is 12.7. The van der Waals surface area contributed by atoms with Crippen LogP contribution < -0.4 is 9.47 Å². The van der Waals surface area contributed by atoms with Crippen molar-refractivity contribution in [3.63, 3.8) is 0 Å². The topological polar surface area (TPSA) is 35.5 Å². The van der Waals surface area contributed by atoms with Gasteiger partial charge in [-0.05, 0) is 100 Å². The summed E-state index contributed by atoms with van der Waals surface area (Å²) in [5.74, 6) is 4.66. The Bertz CT molecular complexity index is 884. The van der Waals surface area contributed by atoms with Gasteiger partial charge >= 0.3 is 5.97 Å². The van der Waals surface area contributed by atoms with E-state index in [1.807, 2.05) is 0 Å². The standard InChI is InChI=1S/C35H60O3/c1-24(2)14-11-15-26(5)16-12-17-27(6)18-13-22-35(10)23-21-31-30(9)33(28(7)29(8)34(31)38-35)37-32(36)20-19-25(3)4/h24-27H,11-23H2,1-10H3/t26-,27-,35-/m1/s1. The lowest BCUT2D eigenvalue weighted by molar-refractivity contribution is -0.134. The molecule has 0 fully saturated rings. The average molecular weight is 529 g/mol. The Balaban J connectivity index is 1.86. The summed E-state index contributed by atoms with van der Waals surface area (Å²) in [5, 5.41) is 0. The lowest BCUT2D eigenvalue weighted by Gasteiger charge is -2.38. The Kier molecular flexibility index (Phi) is 13.2. The molecule has 1 aliphatic heterocycles. The normalized spacial score (nSPS) is 18.8. The van der Waals surface area contributed by atoms with Crippen LogP contribution in [-0.2, 0) is 11.2 Å². The molecule has 3 heteroatoms. The summed E-state index contributed by atoms with van der Waals surface area (Å²) in [6.45, 7) is 22.4. The van der Waals surface area contributed by atoms with E-state index in [2.05, 4.69) is 69.2 Å². The molecule has 0 aromatic heterocycles. The van der Waals surface area contributed by atoms with Crippen molar-refractivity contribution in [1.29, 1.82) is 0 Å². The van der Waals surface area contributed by atoms with Gasteiger partial charge in [-0.3, -0.25) is 4.79 Å².